The van der Waals surface area contributed by atoms with Gasteiger partial charge in [0.25, 0.3) is 0 Å². The minimum Gasteiger partial charge on any atom is -0.394 e. The molecule has 0 aliphatic heterocycles. The van der Waals surface area contributed by atoms with Crippen molar-refractivity contribution in [1.29, 1.82) is 0 Å². The first-order chi connectivity index (χ1) is 39.2. The quantitative estimate of drug-likeness (QED) is 0.0420. The van der Waals surface area contributed by atoms with Crippen LogP contribution in [0.1, 0.15) is 367 Å². The third kappa shape index (κ3) is 66.3. The van der Waals surface area contributed by atoms with E-state index in [2.05, 4.69) is 92.1 Å². The highest BCUT2D eigenvalue weighted by Gasteiger charge is 2.18. The molecule has 1 amide bonds. The molecule has 0 aromatic heterocycles. The van der Waals surface area contributed by atoms with Gasteiger partial charge in [-0.25, -0.2) is 0 Å². The molecule has 2 unspecified atom stereocenters. The van der Waals surface area contributed by atoms with Gasteiger partial charge < -0.3 is 15.5 Å². The van der Waals surface area contributed by atoms with E-state index in [4.69, 9.17) is 0 Å². The highest BCUT2D eigenvalue weighted by atomic mass is 16.3. The third-order valence-electron chi connectivity index (χ3n) is 16.1. The molecule has 4 heteroatoms. The van der Waals surface area contributed by atoms with E-state index in [0.29, 0.717) is 6.42 Å². The minimum atomic E-state index is -0.843. The average molecular weight is 1100 g/mol. The van der Waals surface area contributed by atoms with Crippen molar-refractivity contribution in [2.75, 3.05) is 6.61 Å². The van der Waals surface area contributed by atoms with E-state index in [1.54, 1.807) is 6.08 Å². The van der Waals surface area contributed by atoms with Gasteiger partial charge in [-0.1, -0.05) is 375 Å². The molecule has 0 saturated heterocycles. The highest BCUT2D eigenvalue weighted by molar-refractivity contribution is 5.76. The Morgan fingerprint density at radius 3 is 0.835 bits per heavy atom. The van der Waals surface area contributed by atoms with Crippen molar-refractivity contribution in [3.05, 3.63) is 85.1 Å². The molecule has 0 spiro atoms. The summed E-state index contributed by atoms with van der Waals surface area (Å²) in [5.74, 6) is -0.0596. The molecule has 0 rings (SSSR count). The van der Waals surface area contributed by atoms with Crippen LogP contribution in [0.3, 0.4) is 0 Å². The van der Waals surface area contributed by atoms with Crippen molar-refractivity contribution in [2.24, 2.45) is 0 Å². The Morgan fingerprint density at radius 2 is 0.557 bits per heavy atom. The number of nitrogens with one attached hydrogen (secondary N) is 1. The molecule has 79 heavy (non-hydrogen) atoms. The fraction of sp³-hybridized carbons (Fsp3) is 0.800. The zero-order chi connectivity index (χ0) is 56.9. The van der Waals surface area contributed by atoms with Gasteiger partial charge in [-0.3, -0.25) is 4.79 Å². The summed E-state index contributed by atoms with van der Waals surface area (Å²) in [6.07, 6.45) is 102. The van der Waals surface area contributed by atoms with E-state index in [1.807, 2.05) is 6.08 Å². The number of amides is 1. The standard InChI is InChI=1S/C75H137NO3/c1-3-5-7-9-11-13-15-17-19-21-23-25-27-29-31-33-35-36-37-38-39-40-41-43-45-47-49-51-53-55-57-59-61-63-65-67-69-71-75(79)76-73(72-77)74(78)70-68-66-64-62-60-58-56-54-52-50-48-46-44-42-34-32-30-28-26-24-22-20-18-16-14-12-10-8-6-4-2/h5,7,11,13,17,19,23,25,29,31,35-36,68,70,73-74,77-78H,3-4,6,8-10,12,14-16,18,20-22,24,26-28,30,32-34,37-67,69,71-72H2,1-2H3,(H,76,79)/b7-5-,13-11-,19-17-,25-23-,31-29-,36-35-,70-68+. The number of rotatable bonds is 65. The summed E-state index contributed by atoms with van der Waals surface area (Å²) < 4.78 is 0. The molecule has 2 atom stereocenters. The maximum atomic E-state index is 12.5. The van der Waals surface area contributed by atoms with Crippen molar-refractivity contribution in [1.82, 2.24) is 5.32 Å². The fourth-order valence-corrected chi connectivity index (χ4v) is 10.8. The van der Waals surface area contributed by atoms with Gasteiger partial charge in [-0.2, -0.15) is 0 Å². The van der Waals surface area contributed by atoms with Crippen molar-refractivity contribution in [2.45, 2.75) is 379 Å². The van der Waals surface area contributed by atoms with Gasteiger partial charge in [0, 0.05) is 6.42 Å². The van der Waals surface area contributed by atoms with Crippen LogP contribution in [0.15, 0.2) is 85.1 Å². The predicted molar refractivity (Wildman–Crippen MR) is 354 cm³/mol. The third-order valence-corrected chi connectivity index (χ3v) is 16.1. The number of hydrogen-bond donors (Lipinski definition) is 3. The Morgan fingerprint density at radius 1 is 0.316 bits per heavy atom. The molecule has 0 bridgehead atoms. The molecule has 0 aliphatic carbocycles. The second-order valence-electron chi connectivity index (χ2n) is 23.9. The minimum absolute atomic E-state index is 0.0596. The van der Waals surface area contributed by atoms with E-state index >= 15 is 0 Å². The Balaban J connectivity index is 3.45. The normalized spacial score (nSPS) is 13.2. The van der Waals surface area contributed by atoms with Gasteiger partial charge in [-0.05, 0) is 70.6 Å². The summed E-state index contributed by atoms with van der Waals surface area (Å²) in [5, 5.41) is 23.3. The summed E-state index contributed by atoms with van der Waals surface area (Å²) in [4.78, 5) is 12.5. The predicted octanol–water partition coefficient (Wildman–Crippen LogP) is 24.2. The number of aliphatic hydroxyl groups excluding tert-OH is 2. The van der Waals surface area contributed by atoms with Crippen molar-refractivity contribution >= 4 is 5.91 Å². The van der Waals surface area contributed by atoms with Crippen LogP contribution >= 0.6 is 0 Å². The van der Waals surface area contributed by atoms with Crippen molar-refractivity contribution < 1.29 is 15.0 Å². The number of allylic oxidation sites excluding steroid dienone is 13. The topological polar surface area (TPSA) is 69.6 Å². The average Bonchev–Trinajstić information content (AvgIpc) is 3.45. The Kier molecular flexibility index (Phi) is 67.7. The van der Waals surface area contributed by atoms with Crippen molar-refractivity contribution in [3.63, 3.8) is 0 Å². The second-order valence-corrected chi connectivity index (χ2v) is 23.9. The van der Waals surface area contributed by atoms with Crippen LogP contribution in [-0.2, 0) is 4.79 Å². The largest absolute Gasteiger partial charge is 0.394 e. The number of unbranched alkanes of at least 4 members (excludes halogenated alkanes) is 46. The maximum Gasteiger partial charge on any atom is 0.220 e. The summed E-state index contributed by atoms with van der Waals surface area (Å²) in [6, 6.07) is -0.626. The van der Waals surface area contributed by atoms with Crippen LogP contribution < -0.4 is 5.32 Å². The first kappa shape index (κ1) is 76.6. The van der Waals surface area contributed by atoms with Gasteiger partial charge in [0.1, 0.15) is 0 Å². The van der Waals surface area contributed by atoms with E-state index < -0.39 is 12.1 Å². The van der Waals surface area contributed by atoms with Crippen LogP contribution in [-0.4, -0.2) is 34.9 Å². The molecule has 460 valence electrons. The van der Waals surface area contributed by atoms with Crippen LogP contribution in [0.5, 0.6) is 0 Å². The summed E-state index contributed by atoms with van der Waals surface area (Å²) in [7, 11) is 0. The van der Waals surface area contributed by atoms with E-state index in [0.717, 1.165) is 64.2 Å². The monoisotopic (exact) mass is 1100 g/mol. The first-order valence-electron chi connectivity index (χ1n) is 35.3. The lowest BCUT2D eigenvalue weighted by Crippen LogP contribution is -2.45. The van der Waals surface area contributed by atoms with Crippen molar-refractivity contribution in [3.8, 4) is 0 Å². The molecule has 0 saturated carbocycles. The van der Waals surface area contributed by atoms with Gasteiger partial charge in [0.05, 0.1) is 18.8 Å². The summed E-state index contributed by atoms with van der Waals surface area (Å²) in [5.41, 5.74) is 0. The molecule has 0 heterocycles. The molecule has 0 aliphatic rings. The van der Waals surface area contributed by atoms with Gasteiger partial charge in [-0.15, -0.1) is 0 Å². The first-order valence-corrected chi connectivity index (χ1v) is 35.3. The summed E-state index contributed by atoms with van der Waals surface area (Å²) >= 11 is 0. The molecular weight excluding hydrogens is 963 g/mol. The fourth-order valence-electron chi connectivity index (χ4n) is 10.8. The smallest absolute Gasteiger partial charge is 0.220 e. The Hall–Kier alpha value is -2.43. The number of carbonyl (C=O) groups excluding carboxylic acids is 1. The SMILES string of the molecule is CC/C=C\C/C=C\C/C=C\C/C=C\C/C=C\C/C=C\CCCCCCCCCCCCCCCCCCCCC(=O)NC(CO)C(O)/C=C/CCCCCCCCCCCCCCCCCCCCCCCCCCCCCC. The zero-order valence-corrected chi connectivity index (χ0v) is 53.1. The highest BCUT2D eigenvalue weighted by Crippen LogP contribution is 2.19. The molecule has 3 N–H and O–H groups in total. The Labute approximate surface area is 494 Å². The molecule has 0 fully saturated rings. The van der Waals surface area contributed by atoms with Gasteiger partial charge in [0.15, 0.2) is 0 Å². The molecular formula is C75H137NO3. The second kappa shape index (κ2) is 69.8. The van der Waals surface area contributed by atoms with Crippen LogP contribution in [0, 0.1) is 0 Å². The summed E-state index contributed by atoms with van der Waals surface area (Å²) in [6.45, 7) is 4.23. The molecule has 0 aromatic carbocycles. The van der Waals surface area contributed by atoms with Crippen LogP contribution in [0.25, 0.3) is 0 Å². The van der Waals surface area contributed by atoms with E-state index in [-0.39, 0.29) is 12.5 Å². The van der Waals surface area contributed by atoms with E-state index in [9.17, 15) is 15.0 Å². The maximum absolute atomic E-state index is 12.5. The number of carbonyl (C=O) groups is 1. The van der Waals surface area contributed by atoms with E-state index in [1.165, 1.54) is 283 Å². The van der Waals surface area contributed by atoms with Gasteiger partial charge in [0.2, 0.25) is 5.91 Å². The lowest BCUT2D eigenvalue weighted by atomic mass is 10.0. The number of aliphatic hydroxyl groups is 2. The number of hydrogen-bond acceptors (Lipinski definition) is 3. The molecule has 4 nitrogen and oxygen atoms in total. The molecule has 0 aromatic rings. The zero-order valence-electron chi connectivity index (χ0n) is 53.1. The lowest BCUT2D eigenvalue weighted by Gasteiger charge is -2.20. The van der Waals surface area contributed by atoms with Gasteiger partial charge >= 0.3 is 0 Å². The van der Waals surface area contributed by atoms with Crippen LogP contribution in [0.2, 0.25) is 0 Å². The lowest BCUT2D eigenvalue weighted by molar-refractivity contribution is -0.123. The Bertz CT molecular complexity index is 1390. The van der Waals surface area contributed by atoms with Crippen LogP contribution in [0.4, 0.5) is 0 Å². The molecule has 0 radical (unpaired) electrons.